The highest BCUT2D eigenvalue weighted by Gasteiger charge is 2.17. The predicted octanol–water partition coefficient (Wildman–Crippen LogP) is 3.46. The Labute approximate surface area is 192 Å². The molecule has 160 valence electrons. The number of nitrogens with one attached hydrogen (secondary N) is 2. The minimum atomic E-state index is -0.109. The van der Waals surface area contributed by atoms with Gasteiger partial charge in [-0.2, -0.15) is 11.8 Å². The van der Waals surface area contributed by atoms with Gasteiger partial charge in [-0.15, -0.1) is 24.0 Å². The van der Waals surface area contributed by atoms with E-state index in [1.807, 2.05) is 11.8 Å². The first-order valence-electron chi connectivity index (χ1n) is 9.97. The van der Waals surface area contributed by atoms with Crippen LogP contribution in [0, 0.1) is 0 Å². The van der Waals surface area contributed by atoms with E-state index in [-0.39, 0.29) is 34.8 Å². The van der Waals surface area contributed by atoms with Gasteiger partial charge in [0.2, 0.25) is 0 Å². The van der Waals surface area contributed by atoms with Crippen LogP contribution in [0.5, 0.6) is 0 Å². The summed E-state index contributed by atoms with van der Waals surface area (Å²) in [6, 6.07) is 8.75. The van der Waals surface area contributed by atoms with Gasteiger partial charge in [0.05, 0.1) is 12.6 Å². The zero-order valence-electron chi connectivity index (χ0n) is 17.7. The van der Waals surface area contributed by atoms with Gasteiger partial charge in [-0.1, -0.05) is 24.3 Å². The number of thioether (sulfide) groups is 1. The molecule has 0 radical (unpaired) electrons. The number of hydrogen-bond acceptors (Lipinski definition) is 4. The molecule has 0 aliphatic carbocycles. The van der Waals surface area contributed by atoms with Gasteiger partial charge in [-0.05, 0) is 51.0 Å². The van der Waals surface area contributed by atoms with Gasteiger partial charge in [-0.25, -0.2) is 4.99 Å². The lowest BCUT2D eigenvalue weighted by molar-refractivity contribution is 0.0792. The molecule has 7 heteroatoms. The number of benzene rings is 1. The van der Waals surface area contributed by atoms with Crippen molar-refractivity contribution < 1.29 is 5.11 Å². The van der Waals surface area contributed by atoms with Crippen LogP contribution in [0.3, 0.4) is 0 Å². The molecule has 2 rings (SSSR count). The van der Waals surface area contributed by atoms with Gasteiger partial charge >= 0.3 is 0 Å². The molecule has 1 aromatic rings. The van der Waals surface area contributed by atoms with Crippen LogP contribution >= 0.6 is 35.7 Å². The molecule has 1 fully saturated rings. The van der Waals surface area contributed by atoms with Crippen molar-refractivity contribution in [2.45, 2.75) is 57.6 Å². The third-order valence-corrected chi connectivity index (χ3v) is 6.23. The summed E-state index contributed by atoms with van der Waals surface area (Å²) in [5.74, 6) is 0.871. The number of aliphatic imine (C=N–C) groups is 1. The van der Waals surface area contributed by atoms with Crippen LogP contribution in [0.15, 0.2) is 29.3 Å². The smallest absolute Gasteiger partial charge is 0.191 e. The zero-order valence-corrected chi connectivity index (χ0v) is 20.8. The summed E-state index contributed by atoms with van der Waals surface area (Å²) in [5, 5.41) is 16.4. The van der Waals surface area contributed by atoms with Crippen LogP contribution in [0.25, 0.3) is 0 Å². The minimum absolute atomic E-state index is 0. The molecule has 0 unspecified atom stereocenters. The molecule has 3 N–H and O–H groups in total. The Morgan fingerprint density at radius 1 is 1.18 bits per heavy atom. The second-order valence-corrected chi connectivity index (χ2v) is 9.35. The van der Waals surface area contributed by atoms with Crippen LogP contribution in [-0.4, -0.2) is 59.3 Å². The highest BCUT2D eigenvalue weighted by Crippen LogP contribution is 2.19. The normalized spacial score (nSPS) is 16.5. The Bertz CT molecular complexity index is 587. The zero-order chi connectivity index (χ0) is 19.7. The average Bonchev–Trinajstić information content (AvgIpc) is 2.67. The maximum atomic E-state index is 9.62. The SMILES string of the molecule is CCNC(=NCc1ccc(CN2CCC(O)CC2)cc1)NCC(C)(C)SC.I. The van der Waals surface area contributed by atoms with Crippen molar-refractivity contribution in [3.63, 3.8) is 0 Å². The van der Waals surface area contributed by atoms with Gasteiger partial charge < -0.3 is 15.7 Å². The van der Waals surface area contributed by atoms with E-state index < -0.39 is 0 Å². The van der Waals surface area contributed by atoms with E-state index >= 15 is 0 Å². The Hall–Kier alpha value is -0.510. The van der Waals surface area contributed by atoms with E-state index in [4.69, 9.17) is 4.99 Å². The average molecular weight is 521 g/mol. The van der Waals surface area contributed by atoms with Crippen molar-refractivity contribution in [2.24, 2.45) is 4.99 Å². The van der Waals surface area contributed by atoms with Crippen molar-refractivity contribution in [3.05, 3.63) is 35.4 Å². The number of rotatable bonds is 8. The third-order valence-electron chi connectivity index (χ3n) is 4.98. The quantitative estimate of drug-likeness (QED) is 0.279. The maximum Gasteiger partial charge on any atom is 0.191 e. The molecule has 1 aromatic carbocycles. The molecule has 5 nitrogen and oxygen atoms in total. The minimum Gasteiger partial charge on any atom is -0.393 e. The molecule has 1 heterocycles. The number of hydrogen-bond donors (Lipinski definition) is 3. The fourth-order valence-electron chi connectivity index (χ4n) is 2.97. The Morgan fingerprint density at radius 3 is 2.36 bits per heavy atom. The van der Waals surface area contributed by atoms with Gasteiger partial charge in [0.25, 0.3) is 0 Å². The monoisotopic (exact) mass is 520 g/mol. The summed E-state index contributed by atoms with van der Waals surface area (Å²) in [6.45, 7) is 11.9. The third kappa shape index (κ3) is 9.33. The van der Waals surface area contributed by atoms with Crippen molar-refractivity contribution in [1.29, 1.82) is 0 Å². The highest BCUT2D eigenvalue weighted by molar-refractivity contribution is 14.0. The molecular weight excluding hydrogens is 483 g/mol. The van der Waals surface area contributed by atoms with E-state index in [0.29, 0.717) is 6.54 Å². The molecule has 1 aliphatic heterocycles. The Morgan fingerprint density at radius 2 is 1.79 bits per heavy atom. The van der Waals surface area contributed by atoms with E-state index in [9.17, 15) is 5.11 Å². The fourth-order valence-corrected chi connectivity index (χ4v) is 3.18. The molecule has 0 aromatic heterocycles. The molecule has 0 saturated carbocycles. The van der Waals surface area contributed by atoms with E-state index in [1.165, 1.54) is 11.1 Å². The predicted molar refractivity (Wildman–Crippen MR) is 133 cm³/mol. The standard InChI is InChI=1S/C21H36N4OS.HI/c1-5-22-20(24-16-21(2,3)27-4)23-14-17-6-8-18(9-7-17)15-25-12-10-19(26)11-13-25;/h6-9,19,26H,5,10-16H2,1-4H3,(H2,22,23,24);1H. The van der Waals surface area contributed by atoms with Crippen molar-refractivity contribution in [1.82, 2.24) is 15.5 Å². The highest BCUT2D eigenvalue weighted by atomic mass is 127. The number of nitrogens with zero attached hydrogens (tertiary/aromatic N) is 2. The molecule has 0 atom stereocenters. The lowest BCUT2D eigenvalue weighted by Gasteiger charge is -2.29. The molecule has 28 heavy (non-hydrogen) atoms. The fraction of sp³-hybridized carbons (Fsp3) is 0.667. The largest absolute Gasteiger partial charge is 0.393 e. The van der Waals surface area contributed by atoms with Crippen molar-refractivity contribution >= 4 is 41.7 Å². The Kier molecular flexibility index (Phi) is 11.8. The first-order chi connectivity index (χ1) is 12.9. The lowest BCUT2D eigenvalue weighted by Crippen LogP contribution is -2.43. The molecule has 0 bridgehead atoms. The molecule has 0 spiro atoms. The second-order valence-electron chi connectivity index (χ2n) is 7.84. The second kappa shape index (κ2) is 12.9. The molecule has 1 aliphatic rings. The summed E-state index contributed by atoms with van der Waals surface area (Å²) in [4.78, 5) is 7.14. The first kappa shape index (κ1) is 25.5. The number of guanidine groups is 1. The van der Waals surface area contributed by atoms with Crippen LogP contribution in [0.2, 0.25) is 0 Å². The van der Waals surface area contributed by atoms with E-state index in [1.54, 1.807) is 0 Å². The molecular formula is C21H37IN4OS. The lowest BCUT2D eigenvalue weighted by atomic mass is 10.1. The Balaban J connectivity index is 0.00000392. The van der Waals surface area contributed by atoms with Crippen LogP contribution in [0.1, 0.15) is 44.7 Å². The van der Waals surface area contributed by atoms with E-state index in [2.05, 4.69) is 66.8 Å². The first-order valence-corrected chi connectivity index (χ1v) is 11.2. The molecule has 1 saturated heterocycles. The summed E-state index contributed by atoms with van der Waals surface area (Å²) in [6.07, 6.45) is 3.81. The van der Waals surface area contributed by atoms with Crippen LogP contribution < -0.4 is 10.6 Å². The topological polar surface area (TPSA) is 59.9 Å². The summed E-state index contributed by atoms with van der Waals surface area (Å²) < 4.78 is 0.183. The maximum absolute atomic E-state index is 9.62. The summed E-state index contributed by atoms with van der Waals surface area (Å²) in [5.41, 5.74) is 2.54. The number of halogens is 1. The number of aliphatic hydroxyl groups excluding tert-OH is 1. The summed E-state index contributed by atoms with van der Waals surface area (Å²) in [7, 11) is 0. The van der Waals surface area contributed by atoms with Gasteiger partial charge in [0.1, 0.15) is 0 Å². The van der Waals surface area contributed by atoms with E-state index in [0.717, 1.165) is 51.5 Å². The van der Waals surface area contributed by atoms with Crippen molar-refractivity contribution in [3.8, 4) is 0 Å². The van der Waals surface area contributed by atoms with Gasteiger partial charge in [-0.3, -0.25) is 4.90 Å². The van der Waals surface area contributed by atoms with Gasteiger partial charge in [0.15, 0.2) is 5.96 Å². The number of aliphatic hydroxyl groups is 1. The number of piperidine rings is 1. The van der Waals surface area contributed by atoms with Crippen molar-refractivity contribution in [2.75, 3.05) is 32.4 Å². The van der Waals surface area contributed by atoms with Gasteiger partial charge in [0, 0.05) is 37.5 Å². The number of likely N-dealkylation sites (tertiary alicyclic amines) is 1. The molecule has 0 amide bonds. The van der Waals surface area contributed by atoms with Crippen LogP contribution in [0.4, 0.5) is 0 Å². The van der Waals surface area contributed by atoms with Crippen LogP contribution in [-0.2, 0) is 13.1 Å². The summed E-state index contributed by atoms with van der Waals surface area (Å²) >= 11 is 1.85.